The number of ether oxygens (including phenoxy) is 3. The Kier molecular flexibility index (Phi) is 6.19. The molecule has 0 aliphatic rings. The Labute approximate surface area is 128 Å². The molecule has 118 valence electrons. The number of rotatable bonds is 7. The number of methoxy groups -OCH3 is 2. The van der Waals surface area contributed by atoms with Gasteiger partial charge in [-0.25, -0.2) is 4.79 Å². The lowest BCUT2D eigenvalue weighted by atomic mass is 10.1. The van der Waals surface area contributed by atoms with Crippen LogP contribution in [0.3, 0.4) is 0 Å². The predicted octanol–water partition coefficient (Wildman–Crippen LogP) is 2.27. The van der Waals surface area contributed by atoms with Gasteiger partial charge in [0.2, 0.25) is 5.75 Å². The summed E-state index contributed by atoms with van der Waals surface area (Å²) >= 11 is 0. The van der Waals surface area contributed by atoms with Gasteiger partial charge in [-0.05, 0) is 25.1 Å². The van der Waals surface area contributed by atoms with Crippen LogP contribution >= 0.6 is 0 Å². The van der Waals surface area contributed by atoms with Crippen molar-refractivity contribution in [2.24, 2.45) is 0 Å². The van der Waals surface area contributed by atoms with Crippen LogP contribution in [0.1, 0.15) is 17.3 Å². The minimum absolute atomic E-state index is 0.0685. The third-order valence-corrected chi connectivity index (χ3v) is 2.77. The smallest absolute Gasteiger partial charge is 0.334 e. The van der Waals surface area contributed by atoms with E-state index in [9.17, 15) is 14.7 Å². The van der Waals surface area contributed by atoms with E-state index in [0.29, 0.717) is 0 Å². The Morgan fingerprint density at radius 3 is 2.23 bits per heavy atom. The van der Waals surface area contributed by atoms with Crippen molar-refractivity contribution in [1.29, 1.82) is 0 Å². The number of hydrogen-bond acceptors (Lipinski definition) is 6. The molecule has 0 atom stereocenters. The highest BCUT2D eigenvalue weighted by Crippen LogP contribution is 2.37. The molecule has 0 amide bonds. The summed E-state index contributed by atoms with van der Waals surface area (Å²) in [5.74, 6) is -1.05. The van der Waals surface area contributed by atoms with Crippen LogP contribution in [0.15, 0.2) is 36.4 Å². The average molecular weight is 306 g/mol. The molecule has 1 rings (SSSR count). The van der Waals surface area contributed by atoms with E-state index in [1.807, 2.05) is 0 Å². The van der Waals surface area contributed by atoms with E-state index in [1.54, 1.807) is 0 Å². The highest BCUT2D eigenvalue weighted by Gasteiger charge is 2.16. The highest BCUT2D eigenvalue weighted by atomic mass is 16.5. The molecule has 0 aliphatic heterocycles. The van der Waals surface area contributed by atoms with Crippen molar-refractivity contribution < 1.29 is 28.9 Å². The maximum absolute atomic E-state index is 12.2. The van der Waals surface area contributed by atoms with E-state index in [1.165, 1.54) is 39.4 Å². The van der Waals surface area contributed by atoms with Crippen LogP contribution in [0, 0.1) is 0 Å². The molecule has 6 nitrogen and oxygen atoms in total. The van der Waals surface area contributed by atoms with E-state index in [4.69, 9.17) is 14.2 Å². The summed E-state index contributed by atoms with van der Waals surface area (Å²) in [7, 11) is 2.72. The van der Waals surface area contributed by atoms with Crippen LogP contribution in [0.4, 0.5) is 0 Å². The van der Waals surface area contributed by atoms with Crippen molar-refractivity contribution >= 4 is 11.8 Å². The lowest BCUT2D eigenvalue weighted by molar-refractivity contribution is -0.137. The van der Waals surface area contributed by atoms with Crippen molar-refractivity contribution in [3.63, 3.8) is 0 Å². The zero-order valence-corrected chi connectivity index (χ0v) is 12.7. The highest BCUT2D eigenvalue weighted by molar-refractivity contribution is 6.09. The lowest BCUT2D eigenvalue weighted by Gasteiger charge is -2.10. The van der Waals surface area contributed by atoms with Gasteiger partial charge in [0.1, 0.15) is 6.61 Å². The first-order chi connectivity index (χ1) is 10.4. The van der Waals surface area contributed by atoms with Crippen LogP contribution in [0.5, 0.6) is 17.2 Å². The predicted molar refractivity (Wildman–Crippen MR) is 80.5 cm³/mol. The molecular formula is C16H18O6. The third kappa shape index (κ3) is 4.12. The number of allylic oxidation sites excluding steroid dienone is 1. The number of benzene rings is 1. The number of phenols is 1. The van der Waals surface area contributed by atoms with Crippen molar-refractivity contribution in [2.75, 3.05) is 20.8 Å². The van der Waals surface area contributed by atoms with Gasteiger partial charge in [0.05, 0.1) is 14.2 Å². The van der Waals surface area contributed by atoms with Crippen molar-refractivity contribution in [1.82, 2.24) is 0 Å². The number of phenolic OH excluding ortho intramolecular Hbond substituents is 1. The van der Waals surface area contributed by atoms with Gasteiger partial charge in [-0.15, -0.1) is 0 Å². The van der Waals surface area contributed by atoms with E-state index in [2.05, 4.69) is 6.58 Å². The van der Waals surface area contributed by atoms with Gasteiger partial charge in [-0.1, -0.05) is 12.7 Å². The van der Waals surface area contributed by atoms with Gasteiger partial charge in [0.25, 0.3) is 0 Å². The van der Waals surface area contributed by atoms with Crippen molar-refractivity contribution in [3.05, 3.63) is 42.0 Å². The number of carbonyl (C=O) groups is 2. The Bertz CT molecular complexity index is 590. The van der Waals surface area contributed by atoms with Gasteiger partial charge in [0.15, 0.2) is 17.3 Å². The van der Waals surface area contributed by atoms with Gasteiger partial charge in [-0.3, -0.25) is 4.79 Å². The summed E-state index contributed by atoms with van der Waals surface area (Å²) in [6.07, 6.45) is 2.58. The molecule has 0 saturated carbocycles. The minimum atomic E-state index is -0.606. The molecule has 0 spiro atoms. The van der Waals surface area contributed by atoms with Crippen LogP contribution < -0.4 is 9.47 Å². The monoisotopic (exact) mass is 306 g/mol. The molecule has 0 fully saturated rings. The molecule has 0 aliphatic carbocycles. The molecule has 1 aromatic rings. The van der Waals surface area contributed by atoms with Crippen LogP contribution in [0.2, 0.25) is 0 Å². The Balaban J connectivity index is 3.07. The second-order valence-electron chi connectivity index (χ2n) is 4.31. The largest absolute Gasteiger partial charge is 0.502 e. The summed E-state index contributed by atoms with van der Waals surface area (Å²) in [6, 6.07) is 2.72. The van der Waals surface area contributed by atoms with Gasteiger partial charge in [-0.2, -0.15) is 0 Å². The fourth-order valence-electron chi connectivity index (χ4n) is 1.62. The average Bonchev–Trinajstić information content (AvgIpc) is 2.52. The number of hydrogen-bond donors (Lipinski definition) is 1. The minimum Gasteiger partial charge on any atom is -0.502 e. The number of esters is 1. The van der Waals surface area contributed by atoms with Crippen molar-refractivity contribution in [3.8, 4) is 17.2 Å². The zero-order valence-electron chi connectivity index (χ0n) is 12.7. The SMILES string of the molecule is C=CCOC(=O)C(C)=CC(=O)c1cc(OC)c(O)c(OC)c1. The first kappa shape index (κ1) is 17.3. The number of ketones is 1. The second-order valence-corrected chi connectivity index (χ2v) is 4.31. The molecule has 0 radical (unpaired) electrons. The fraction of sp³-hybridized carbons (Fsp3) is 0.250. The molecule has 6 heteroatoms. The molecular weight excluding hydrogens is 288 g/mol. The summed E-state index contributed by atoms with van der Waals surface area (Å²) in [4.78, 5) is 23.8. The Hall–Kier alpha value is -2.76. The van der Waals surface area contributed by atoms with Gasteiger partial charge >= 0.3 is 5.97 Å². The molecule has 1 aromatic carbocycles. The Morgan fingerprint density at radius 2 is 1.77 bits per heavy atom. The van der Waals surface area contributed by atoms with Crippen LogP contribution in [-0.2, 0) is 9.53 Å². The van der Waals surface area contributed by atoms with Gasteiger partial charge in [0, 0.05) is 11.1 Å². The van der Waals surface area contributed by atoms with E-state index < -0.39 is 11.8 Å². The first-order valence-corrected chi connectivity index (χ1v) is 6.40. The molecule has 0 saturated heterocycles. The van der Waals surface area contributed by atoms with Crippen LogP contribution in [-0.4, -0.2) is 37.7 Å². The summed E-state index contributed by atoms with van der Waals surface area (Å²) < 4.78 is 14.8. The maximum atomic E-state index is 12.2. The lowest BCUT2D eigenvalue weighted by Crippen LogP contribution is -2.08. The number of carbonyl (C=O) groups excluding carboxylic acids is 2. The van der Waals surface area contributed by atoms with Crippen molar-refractivity contribution in [2.45, 2.75) is 6.92 Å². The van der Waals surface area contributed by atoms with E-state index >= 15 is 0 Å². The molecule has 0 aromatic heterocycles. The summed E-state index contributed by atoms with van der Waals surface area (Å²) in [5.41, 5.74) is 0.361. The summed E-state index contributed by atoms with van der Waals surface area (Å²) in [5, 5.41) is 9.80. The first-order valence-electron chi connectivity index (χ1n) is 6.40. The maximum Gasteiger partial charge on any atom is 0.334 e. The summed E-state index contributed by atoms with van der Waals surface area (Å²) in [6.45, 7) is 4.97. The molecule has 0 bridgehead atoms. The zero-order chi connectivity index (χ0) is 16.7. The molecule has 0 unspecified atom stereocenters. The molecule has 1 N–H and O–H groups in total. The topological polar surface area (TPSA) is 82.1 Å². The standard InChI is InChI=1S/C16H18O6/c1-5-6-22-16(19)10(2)7-12(17)11-8-13(20-3)15(18)14(9-11)21-4/h5,7-9,18H,1,6H2,2-4H3. The second kappa shape index (κ2) is 7.87. The Morgan fingerprint density at radius 1 is 1.23 bits per heavy atom. The number of aromatic hydroxyl groups is 1. The van der Waals surface area contributed by atoms with Crippen LogP contribution in [0.25, 0.3) is 0 Å². The normalized spacial score (nSPS) is 10.8. The molecule has 22 heavy (non-hydrogen) atoms. The van der Waals surface area contributed by atoms with Gasteiger partial charge < -0.3 is 19.3 Å². The third-order valence-electron chi connectivity index (χ3n) is 2.77. The van der Waals surface area contributed by atoms with E-state index in [0.717, 1.165) is 6.08 Å². The molecule has 0 heterocycles. The quantitative estimate of drug-likeness (QED) is 0.360. The van der Waals surface area contributed by atoms with E-state index in [-0.39, 0.29) is 35.0 Å². The fourth-order valence-corrected chi connectivity index (χ4v) is 1.62.